The Bertz CT molecular complexity index is 509. The Hall–Kier alpha value is -0.450. The molecule has 0 saturated carbocycles. The van der Waals surface area contributed by atoms with Crippen LogP contribution in [0.5, 0.6) is 5.75 Å². The molecule has 0 heterocycles. The predicted octanol–water partition coefficient (Wildman–Crippen LogP) is 3.03. The third kappa shape index (κ3) is 3.03. The van der Waals surface area contributed by atoms with E-state index < -0.39 is 9.05 Å². The lowest BCUT2D eigenvalue weighted by atomic mass is 10.1. The van der Waals surface area contributed by atoms with Crippen molar-refractivity contribution in [3.63, 3.8) is 0 Å². The van der Waals surface area contributed by atoms with Crippen molar-refractivity contribution in [2.24, 2.45) is 0 Å². The molecule has 16 heavy (non-hydrogen) atoms. The smallest absolute Gasteiger partial charge is 0.236 e. The van der Waals surface area contributed by atoms with E-state index in [-0.39, 0.29) is 5.75 Å². The molecule has 0 bridgehead atoms. The highest BCUT2D eigenvalue weighted by Crippen LogP contribution is 2.33. The van der Waals surface area contributed by atoms with Gasteiger partial charge in [0.15, 0.2) is 0 Å². The normalized spacial score (nSPS) is 11.6. The van der Waals surface area contributed by atoms with E-state index in [9.17, 15) is 8.42 Å². The fraction of sp³-hybridized carbons (Fsp3) is 0.400. The van der Waals surface area contributed by atoms with E-state index in [4.69, 9.17) is 27.0 Å². The lowest BCUT2D eigenvalue weighted by Crippen LogP contribution is -2.03. The number of hydrogen-bond donors (Lipinski definition) is 0. The second-order valence-corrected chi connectivity index (χ2v) is 6.68. The number of halogens is 2. The molecule has 90 valence electrons. The highest BCUT2D eigenvalue weighted by atomic mass is 35.7. The maximum Gasteiger partial charge on any atom is 0.236 e. The molecule has 0 aromatic heterocycles. The van der Waals surface area contributed by atoms with E-state index >= 15 is 0 Å². The van der Waals surface area contributed by atoms with Crippen LogP contribution in [0.3, 0.4) is 0 Å². The van der Waals surface area contributed by atoms with Gasteiger partial charge in [0.2, 0.25) is 9.05 Å². The van der Waals surface area contributed by atoms with Crippen LogP contribution in [0, 0.1) is 13.8 Å². The van der Waals surface area contributed by atoms with Gasteiger partial charge in [-0.15, -0.1) is 0 Å². The molecule has 0 saturated heterocycles. The first-order valence-corrected chi connectivity index (χ1v) is 7.36. The molecule has 0 radical (unpaired) electrons. The highest BCUT2D eigenvalue weighted by molar-refractivity contribution is 8.13. The summed E-state index contributed by atoms with van der Waals surface area (Å²) in [7, 11) is 3.10. The molecule has 1 aromatic rings. The van der Waals surface area contributed by atoms with E-state index in [1.54, 1.807) is 19.9 Å². The second kappa shape index (κ2) is 4.82. The quantitative estimate of drug-likeness (QED) is 0.801. The molecule has 0 fully saturated rings. The van der Waals surface area contributed by atoms with Gasteiger partial charge in [-0.05, 0) is 31.0 Å². The summed E-state index contributed by atoms with van der Waals surface area (Å²) in [6.45, 7) is 3.54. The van der Waals surface area contributed by atoms with E-state index in [2.05, 4.69) is 0 Å². The number of rotatable bonds is 3. The van der Waals surface area contributed by atoms with Crippen LogP contribution in [0.1, 0.15) is 16.7 Å². The Balaban J connectivity index is 3.45. The zero-order chi connectivity index (χ0) is 12.5. The minimum atomic E-state index is -3.63. The SMILES string of the molecule is COc1c(C)cc(Cl)c(C)c1CS(=O)(=O)Cl. The molecule has 3 nitrogen and oxygen atoms in total. The van der Waals surface area contributed by atoms with Crippen molar-refractivity contribution in [1.82, 2.24) is 0 Å². The summed E-state index contributed by atoms with van der Waals surface area (Å²) in [5.41, 5.74) is 1.98. The first-order valence-electron chi connectivity index (χ1n) is 4.51. The summed E-state index contributed by atoms with van der Waals surface area (Å²) in [4.78, 5) is 0. The van der Waals surface area contributed by atoms with Crippen LogP contribution in [-0.2, 0) is 14.8 Å². The Morgan fingerprint density at radius 1 is 1.38 bits per heavy atom. The summed E-state index contributed by atoms with van der Waals surface area (Å²) in [6, 6.07) is 1.74. The average Bonchev–Trinajstić information content (AvgIpc) is 2.12. The first-order chi connectivity index (χ1) is 7.26. The van der Waals surface area contributed by atoms with Gasteiger partial charge in [0, 0.05) is 21.3 Å². The summed E-state index contributed by atoms with van der Waals surface area (Å²) in [5.74, 6) is 0.233. The zero-order valence-electron chi connectivity index (χ0n) is 9.17. The molecule has 0 aliphatic carbocycles. The van der Waals surface area contributed by atoms with Crippen LogP contribution < -0.4 is 4.74 Å². The second-order valence-electron chi connectivity index (χ2n) is 3.50. The van der Waals surface area contributed by atoms with Crippen molar-refractivity contribution < 1.29 is 13.2 Å². The van der Waals surface area contributed by atoms with E-state index in [0.717, 1.165) is 5.56 Å². The zero-order valence-corrected chi connectivity index (χ0v) is 11.5. The van der Waals surface area contributed by atoms with Gasteiger partial charge in [-0.2, -0.15) is 0 Å². The number of ether oxygens (including phenoxy) is 1. The molecule has 6 heteroatoms. The van der Waals surface area contributed by atoms with Crippen molar-refractivity contribution in [3.8, 4) is 5.75 Å². The van der Waals surface area contributed by atoms with Gasteiger partial charge in [-0.25, -0.2) is 8.42 Å². The average molecular weight is 283 g/mol. The molecule has 0 aliphatic rings. The van der Waals surface area contributed by atoms with E-state index in [1.807, 2.05) is 0 Å². The maximum absolute atomic E-state index is 11.1. The largest absolute Gasteiger partial charge is 0.496 e. The third-order valence-electron chi connectivity index (χ3n) is 2.31. The highest BCUT2D eigenvalue weighted by Gasteiger charge is 2.18. The van der Waals surface area contributed by atoms with Gasteiger partial charge in [0.25, 0.3) is 0 Å². The van der Waals surface area contributed by atoms with Crippen LogP contribution in [-0.4, -0.2) is 15.5 Å². The Morgan fingerprint density at radius 2 is 1.94 bits per heavy atom. The number of benzene rings is 1. The van der Waals surface area contributed by atoms with Crippen LogP contribution >= 0.6 is 22.3 Å². The van der Waals surface area contributed by atoms with E-state index in [1.165, 1.54) is 7.11 Å². The van der Waals surface area contributed by atoms with Gasteiger partial charge in [-0.3, -0.25) is 0 Å². The molecule has 0 spiro atoms. The van der Waals surface area contributed by atoms with Crippen molar-refractivity contribution in [3.05, 3.63) is 27.8 Å². The minimum Gasteiger partial charge on any atom is -0.496 e. The molecule has 0 amide bonds. The molecule has 0 N–H and O–H groups in total. The summed E-state index contributed by atoms with van der Waals surface area (Å²) < 4.78 is 27.4. The standard InChI is InChI=1S/C10H12Cl2O3S/c1-6-4-9(11)7(2)8(10(6)15-3)5-16(12,13)14/h4H,5H2,1-3H3. The molecule has 0 unspecified atom stereocenters. The van der Waals surface area contributed by atoms with Gasteiger partial charge < -0.3 is 4.74 Å². The van der Waals surface area contributed by atoms with Crippen molar-refractivity contribution >= 4 is 31.3 Å². The fourth-order valence-electron chi connectivity index (χ4n) is 1.55. The Morgan fingerprint density at radius 3 is 2.38 bits per heavy atom. The van der Waals surface area contributed by atoms with Crippen molar-refractivity contribution in [2.45, 2.75) is 19.6 Å². The third-order valence-corrected chi connectivity index (χ3v) is 3.66. The minimum absolute atomic E-state index is 0.287. The van der Waals surface area contributed by atoms with Crippen LogP contribution in [0.15, 0.2) is 6.07 Å². The lowest BCUT2D eigenvalue weighted by molar-refractivity contribution is 0.407. The summed E-state index contributed by atoms with van der Waals surface area (Å²) in [6.07, 6.45) is 0. The van der Waals surface area contributed by atoms with Crippen LogP contribution in [0.4, 0.5) is 0 Å². The van der Waals surface area contributed by atoms with E-state index in [0.29, 0.717) is 21.9 Å². The van der Waals surface area contributed by atoms with Gasteiger partial charge in [0.1, 0.15) is 5.75 Å². The Labute approximate surface area is 105 Å². The van der Waals surface area contributed by atoms with Gasteiger partial charge in [0.05, 0.1) is 12.9 Å². The number of aryl methyl sites for hydroxylation is 1. The molecule has 1 aromatic carbocycles. The number of hydrogen-bond acceptors (Lipinski definition) is 3. The summed E-state index contributed by atoms with van der Waals surface area (Å²) >= 11 is 5.98. The monoisotopic (exact) mass is 282 g/mol. The molecule has 0 aliphatic heterocycles. The van der Waals surface area contributed by atoms with Gasteiger partial charge in [-0.1, -0.05) is 11.6 Å². The van der Waals surface area contributed by atoms with Crippen molar-refractivity contribution in [2.75, 3.05) is 7.11 Å². The summed E-state index contributed by atoms with van der Waals surface area (Å²) in [5, 5.41) is 0.508. The first kappa shape index (κ1) is 13.6. The van der Waals surface area contributed by atoms with Crippen LogP contribution in [0.25, 0.3) is 0 Å². The van der Waals surface area contributed by atoms with Gasteiger partial charge >= 0.3 is 0 Å². The van der Waals surface area contributed by atoms with Crippen LogP contribution in [0.2, 0.25) is 5.02 Å². The lowest BCUT2D eigenvalue weighted by Gasteiger charge is -2.14. The molecular weight excluding hydrogens is 271 g/mol. The topological polar surface area (TPSA) is 43.4 Å². The van der Waals surface area contributed by atoms with Crippen molar-refractivity contribution in [1.29, 1.82) is 0 Å². The fourth-order valence-corrected chi connectivity index (χ4v) is 2.84. The predicted molar refractivity (Wildman–Crippen MR) is 66.0 cm³/mol. The molecule has 1 rings (SSSR count). The maximum atomic E-state index is 11.1. The molecule has 0 atom stereocenters. The Kier molecular flexibility index (Phi) is 4.10. The molecular formula is C10H12Cl2O3S. The number of methoxy groups -OCH3 is 1.